The predicted octanol–water partition coefficient (Wildman–Crippen LogP) is 2.94. The van der Waals surface area contributed by atoms with Crippen molar-refractivity contribution in [1.82, 2.24) is 5.32 Å². The Labute approximate surface area is 121 Å². The molecule has 1 fully saturated rings. The summed E-state index contributed by atoms with van der Waals surface area (Å²) in [6, 6.07) is 5.02. The summed E-state index contributed by atoms with van der Waals surface area (Å²) in [6.07, 6.45) is 3.83. The molecule has 3 nitrogen and oxygen atoms in total. The fraction of sp³-hybridized carbons (Fsp3) is 0.625. The minimum absolute atomic E-state index is 0.177. The number of anilines is 1. The summed E-state index contributed by atoms with van der Waals surface area (Å²) in [4.78, 5) is 2.18. The summed E-state index contributed by atoms with van der Waals surface area (Å²) in [7, 11) is 2.06. The van der Waals surface area contributed by atoms with Crippen LogP contribution in [0, 0.1) is 5.82 Å². The van der Waals surface area contributed by atoms with Gasteiger partial charge in [-0.3, -0.25) is 0 Å². The Hall–Kier alpha value is -1.13. The number of halogens is 1. The van der Waals surface area contributed by atoms with Gasteiger partial charge in [-0.2, -0.15) is 0 Å². The first-order valence-electron chi connectivity index (χ1n) is 7.52. The highest BCUT2D eigenvalue weighted by molar-refractivity contribution is 5.53. The monoisotopic (exact) mass is 280 g/mol. The zero-order chi connectivity index (χ0) is 14.4. The van der Waals surface area contributed by atoms with Gasteiger partial charge in [-0.25, -0.2) is 4.39 Å². The van der Waals surface area contributed by atoms with Crippen molar-refractivity contribution in [2.24, 2.45) is 0 Å². The number of nitrogens with one attached hydrogen (secondary N) is 1. The Morgan fingerprint density at radius 2 is 2.25 bits per heavy atom. The van der Waals surface area contributed by atoms with Crippen molar-refractivity contribution in [2.75, 3.05) is 31.6 Å². The van der Waals surface area contributed by atoms with E-state index in [4.69, 9.17) is 4.74 Å². The molecule has 1 unspecified atom stereocenters. The number of nitrogens with zero attached hydrogens (tertiary/aromatic N) is 1. The van der Waals surface area contributed by atoms with Crippen LogP contribution in [0.5, 0.6) is 0 Å². The Kier molecular flexibility index (Phi) is 5.80. The van der Waals surface area contributed by atoms with E-state index in [0.717, 1.165) is 37.4 Å². The molecular weight excluding hydrogens is 255 g/mol. The van der Waals surface area contributed by atoms with Gasteiger partial charge in [0.1, 0.15) is 5.82 Å². The summed E-state index contributed by atoms with van der Waals surface area (Å²) in [6.45, 7) is 5.36. The maximum atomic E-state index is 13.4. The first kappa shape index (κ1) is 15.3. The quantitative estimate of drug-likeness (QED) is 0.867. The van der Waals surface area contributed by atoms with E-state index in [-0.39, 0.29) is 5.82 Å². The number of benzene rings is 1. The predicted molar refractivity (Wildman–Crippen MR) is 80.6 cm³/mol. The maximum Gasteiger partial charge on any atom is 0.123 e. The molecule has 0 radical (unpaired) electrons. The molecule has 0 aromatic heterocycles. The molecule has 1 heterocycles. The van der Waals surface area contributed by atoms with Crippen molar-refractivity contribution in [3.8, 4) is 0 Å². The molecule has 1 aliphatic rings. The SMILES string of the molecule is CCNCc1cc(F)ccc1N(C)CC1CCCCO1. The van der Waals surface area contributed by atoms with E-state index in [1.165, 1.54) is 18.9 Å². The first-order valence-corrected chi connectivity index (χ1v) is 7.52. The van der Waals surface area contributed by atoms with Gasteiger partial charge in [0, 0.05) is 32.4 Å². The summed E-state index contributed by atoms with van der Waals surface area (Å²) in [5, 5.41) is 3.27. The summed E-state index contributed by atoms with van der Waals surface area (Å²) >= 11 is 0. The van der Waals surface area contributed by atoms with Gasteiger partial charge >= 0.3 is 0 Å². The molecule has 0 spiro atoms. The van der Waals surface area contributed by atoms with Gasteiger partial charge < -0.3 is 15.0 Å². The fourth-order valence-corrected chi connectivity index (χ4v) is 2.68. The Balaban J connectivity index is 2.05. The number of likely N-dealkylation sites (N-methyl/N-ethyl adjacent to an activating group) is 1. The van der Waals surface area contributed by atoms with Crippen molar-refractivity contribution in [2.45, 2.75) is 38.8 Å². The Bertz CT molecular complexity index is 419. The minimum Gasteiger partial charge on any atom is -0.376 e. The molecule has 20 heavy (non-hydrogen) atoms. The molecule has 4 heteroatoms. The largest absolute Gasteiger partial charge is 0.376 e. The third-order valence-corrected chi connectivity index (χ3v) is 3.77. The van der Waals surface area contributed by atoms with Crippen molar-refractivity contribution in [3.63, 3.8) is 0 Å². The lowest BCUT2D eigenvalue weighted by Gasteiger charge is -2.30. The van der Waals surface area contributed by atoms with Gasteiger partial charge in [0.2, 0.25) is 0 Å². The molecule has 0 aliphatic carbocycles. The van der Waals surface area contributed by atoms with Crippen molar-refractivity contribution < 1.29 is 9.13 Å². The second-order valence-corrected chi connectivity index (χ2v) is 5.42. The standard InChI is InChI=1S/C16H25FN2O/c1-3-18-11-13-10-14(17)7-8-16(13)19(2)12-15-6-4-5-9-20-15/h7-8,10,15,18H,3-6,9,11-12H2,1-2H3. The molecule has 2 rings (SSSR count). The Morgan fingerprint density at radius 3 is 2.95 bits per heavy atom. The van der Waals surface area contributed by atoms with E-state index < -0.39 is 0 Å². The molecule has 1 saturated heterocycles. The molecule has 1 aromatic rings. The zero-order valence-electron chi connectivity index (χ0n) is 12.5. The van der Waals surface area contributed by atoms with E-state index >= 15 is 0 Å². The molecule has 0 saturated carbocycles. The van der Waals surface area contributed by atoms with E-state index in [1.54, 1.807) is 6.07 Å². The maximum absolute atomic E-state index is 13.4. The molecule has 1 N–H and O–H groups in total. The molecular formula is C16H25FN2O. The molecule has 1 aromatic carbocycles. The van der Waals surface area contributed by atoms with Crippen LogP contribution in [0.1, 0.15) is 31.7 Å². The molecule has 1 aliphatic heterocycles. The van der Waals surface area contributed by atoms with Crippen LogP contribution in [0.25, 0.3) is 0 Å². The first-order chi connectivity index (χ1) is 9.70. The number of hydrogen-bond acceptors (Lipinski definition) is 3. The zero-order valence-corrected chi connectivity index (χ0v) is 12.5. The lowest BCUT2D eigenvalue weighted by atomic mass is 10.1. The van der Waals surface area contributed by atoms with Gasteiger partial charge in [0.15, 0.2) is 0 Å². The number of hydrogen-bond donors (Lipinski definition) is 1. The topological polar surface area (TPSA) is 24.5 Å². The van der Waals surface area contributed by atoms with Crippen molar-refractivity contribution >= 4 is 5.69 Å². The normalized spacial score (nSPS) is 19.1. The summed E-state index contributed by atoms with van der Waals surface area (Å²) < 4.78 is 19.2. The second kappa shape index (κ2) is 7.60. The fourth-order valence-electron chi connectivity index (χ4n) is 2.68. The van der Waals surface area contributed by atoms with Crippen LogP contribution in [0.3, 0.4) is 0 Å². The van der Waals surface area contributed by atoms with Crippen LogP contribution >= 0.6 is 0 Å². The lowest BCUT2D eigenvalue weighted by molar-refractivity contribution is 0.0216. The second-order valence-electron chi connectivity index (χ2n) is 5.42. The lowest BCUT2D eigenvalue weighted by Crippen LogP contribution is -2.34. The van der Waals surface area contributed by atoms with Crippen molar-refractivity contribution in [1.29, 1.82) is 0 Å². The van der Waals surface area contributed by atoms with Gasteiger partial charge in [0.05, 0.1) is 6.10 Å². The van der Waals surface area contributed by atoms with Gasteiger partial charge in [0.25, 0.3) is 0 Å². The highest BCUT2D eigenvalue weighted by Gasteiger charge is 2.17. The van der Waals surface area contributed by atoms with Gasteiger partial charge in [-0.15, -0.1) is 0 Å². The van der Waals surface area contributed by atoms with Gasteiger partial charge in [-0.05, 0) is 49.6 Å². The highest BCUT2D eigenvalue weighted by atomic mass is 19.1. The van der Waals surface area contributed by atoms with Crippen LogP contribution < -0.4 is 10.2 Å². The molecule has 112 valence electrons. The molecule has 1 atom stereocenters. The van der Waals surface area contributed by atoms with E-state index in [0.29, 0.717) is 12.6 Å². The average Bonchev–Trinajstić information content (AvgIpc) is 2.46. The molecule has 0 amide bonds. The van der Waals surface area contributed by atoms with Gasteiger partial charge in [-0.1, -0.05) is 6.92 Å². The number of ether oxygens (including phenoxy) is 1. The van der Waals surface area contributed by atoms with E-state index in [2.05, 4.69) is 24.2 Å². The highest BCUT2D eigenvalue weighted by Crippen LogP contribution is 2.23. The van der Waals surface area contributed by atoms with Crippen LogP contribution in [-0.4, -0.2) is 32.8 Å². The third kappa shape index (κ3) is 4.18. The average molecular weight is 280 g/mol. The Morgan fingerprint density at radius 1 is 1.40 bits per heavy atom. The minimum atomic E-state index is -0.177. The van der Waals surface area contributed by atoms with Crippen LogP contribution in [0.2, 0.25) is 0 Å². The van der Waals surface area contributed by atoms with Crippen molar-refractivity contribution in [3.05, 3.63) is 29.6 Å². The summed E-state index contributed by atoms with van der Waals surface area (Å²) in [5.41, 5.74) is 2.09. The summed E-state index contributed by atoms with van der Waals surface area (Å²) in [5.74, 6) is -0.177. The van der Waals surface area contributed by atoms with Crippen LogP contribution in [-0.2, 0) is 11.3 Å². The number of rotatable bonds is 6. The van der Waals surface area contributed by atoms with Crippen LogP contribution in [0.15, 0.2) is 18.2 Å². The van der Waals surface area contributed by atoms with E-state index in [1.807, 2.05) is 6.07 Å². The molecule has 0 bridgehead atoms. The smallest absolute Gasteiger partial charge is 0.123 e. The van der Waals surface area contributed by atoms with Crippen LogP contribution in [0.4, 0.5) is 10.1 Å². The van der Waals surface area contributed by atoms with E-state index in [9.17, 15) is 4.39 Å². The third-order valence-electron chi connectivity index (χ3n) is 3.77.